The fraction of sp³-hybridized carbons (Fsp3) is 0.917. The van der Waals surface area contributed by atoms with E-state index in [0.29, 0.717) is 0 Å². The molecule has 0 saturated carbocycles. The highest BCUT2D eigenvalue weighted by molar-refractivity contribution is 5.80. The Morgan fingerprint density at radius 1 is 1.24 bits per heavy atom. The molecule has 0 aromatic heterocycles. The summed E-state index contributed by atoms with van der Waals surface area (Å²) in [5, 5.41) is 3.21. The van der Waals surface area contributed by atoms with E-state index in [1.54, 1.807) is 0 Å². The third-order valence-corrected chi connectivity index (χ3v) is 3.34. The largest absolute Gasteiger partial charge is 0.368 e. The first-order valence-electron chi connectivity index (χ1n) is 6.64. The first-order valence-corrected chi connectivity index (χ1v) is 6.64. The van der Waals surface area contributed by atoms with Crippen molar-refractivity contribution < 1.29 is 4.79 Å². The summed E-state index contributed by atoms with van der Waals surface area (Å²) in [5.41, 5.74) is 5.41. The number of likely N-dealkylation sites (N-methyl/N-ethyl adjacent to an activating group) is 1. The summed E-state index contributed by atoms with van der Waals surface area (Å²) in [6, 6.07) is -0.205. The SMILES string of the molecule is CCCNC(CN1CCN(CC)CC1)C(N)=O. The summed E-state index contributed by atoms with van der Waals surface area (Å²) < 4.78 is 0. The van der Waals surface area contributed by atoms with Crippen LogP contribution in [-0.4, -0.2) is 67.6 Å². The number of rotatable bonds is 7. The number of amides is 1. The Hall–Kier alpha value is -0.650. The smallest absolute Gasteiger partial charge is 0.235 e. The van der Waals surface area contributed by atoms with Gasteiger partial charge in [0.1, 0.15) is 0 Å². The van der Waals surface area contributed by atoms with E-state index in [1.165, 1.54) is 0 Å². The molecule has 0 radical (unpaired) electrons. The predicted octanol–water partition coefficient (Wildman–Crippen LogP) is -0.523. The topological polar surface area (TPSA) is 61.6 Å². The van der Waals surface area contributed by atoms with Crippen LogP contribution in [0.1, 0.15) is 20.3 Å². The number of nitrogens with zero attached hydrogens (tertiary/aromatic N) is 2. The zero-order valence-corrected chi connectivity index (χ0v) is 11.1. The van der Waals surface area contributed by atoms with E-state index in [2.05, 4.69) is 29.0 Å². The van der Waals surface area contributed by atoms with Crippen LogP contribution in [-0.2, 0) is 4.79 Å². The Kier molecular flexibility index (Phi) is 6.47. The molecule has 17 heavy (non-hydrogen) atoms. The molecule has 1 saturated heterocycles. The van der Waals surface area contributed by atoms with Crippen LogP contribution in [0.2, 0.25) is 0 Å². The molecule has 1 fully saturated rings. The molecule has 0 aromatic rings. The molecule has 5 nitrogen and oxygen atoms in total. The Morgan fingerprint density at radius 2 is 1.82 bits per heavy atom. The van der Waals surface area contributed by atoms with E-state index in [9.17, 15) is 4.79 Å². The van der Waals surface area contributed by atoms with E-state index in [-0.39, 0.29) is 11.9 Å². The van der Waals surface area contributed by atoms with Crippen molar-refractivity contribution in [3.63, 3.8) is 0 Å². The molecule has 3 N–H and O–H groups in total. The van der Waals surface area contributed by atoms with Crippen molar-refractivity contribution in [2.75, 3.05) is 45.8 Å². The fourth-order valence-corrected chi connectivity index (χ4v) is 2.12. The van der Waals surface area contributed by atoms with Crippen molar-refractivity contribution >= 4 is 5.91 Å². The average molecular weight is 242 g/mol. The number of carbonyl (C=O) groups is 1. The lowest BCUT2D eigenvalue weighted by molar-refractivity contribution is -0.120. The molecule has 1 heterocycles. The van der Waals surface area contributed by atoms with Crippen LogP contribution in [0.5, 0.6) is 0 Å². The molecular weight excluding hydrogens is 216 g/mol. The number of hydrogen-bond donors (Lipinski definition) is 2. The maximum atomic E-state index is 11.3. The first-order chi connectivity index (χ1) is 8.17. The quantitative estimate of drug-likeness (QED) is 0.630. The molecule has 1 amide bonds. The fourth-order valence-electron chi connectivity index (χ4n) is 2.12. The van der Waals surface area contributed by atoms with Gasteiger partial charge in [0, 0.05) is 32.7 Å². The number of primary amides is 1. The van der Waals surface area contributed by atoms with Crippen LogP contribution >= 0.6 is 0 Å². The van der Waals surface area contributed by atoms with Gasteiger partial charge >= 0.3 is 0 Å². The van der Waals surface area contributed by atoms with Gasteiger partial charge in [0.05, 0.1) is 6.04 Å². The van der Waals surface area contributed by atoms with Gasteiger partial charge < -0.3 is 16.0 Å². The van der Waals surface area contributed by atoms with Crippen LogP contribution in [0.15, 0.2) is 0 Å². The van der Waals surface area contributed by atoms with Gasteiger partial charge in [0.2, 0.25) is 5.91 Å². The standard InChI is InChI=1S/C12H26N4O/c1-3-5-14-11(12(13)17)10-16-8-6-15(4-2)7-9-16/h11,14H,3-10H2,1-2H3,(H2,13,17). The normalized spacial score (nSPS) is 20.4. The second-order valence-electron chi connectivity index (χ2n) is 4.64. The van der Waals surface area contributed by atoms with Crippen molar-refractivity contribution in [2.45, 2.75) is 26.3 Å². The molecule has 0 bridgehead atoms. The first kappa shape index (κ1) is 14.4. The summed E-state index contributed by atoms with van der Waals surface area (Å²) in [6.07, 6.45) is 1.02. The van der Waals surface area contributed by atoms with Crippen molar-refractivity contribution in [1.29, 1.82) is 0 Å². The lowest BCUT2D eigenvalue weighted by Gasteiger charge is -2.35. The third kappa shape index (κ3) is 5.02. The van der Waals surface area contributed by atoms with Crippen molar-refractivity contribution in [2.24, 2.45) is 5.73 Å². The summed E-state index contributed by atoms with van der Waals surface area (Å²) in [6.45, 7) is 11.2. The zero-order chi connectivity index (χ0) is 12.7. The van der Waals surface area contributed by atoms with Gasteiger partial charge in [0.15, 0.2) is 0 Å². The van der Waals surface area contributed by atoms with Gasteiger partial charge in [-0.15, -0.1) is 0 Å². The van der Waals surface area contributed by atoms with E-state index in [1.807, 2.05) is 0 Å². The van der Waals surface area contributed by atoms with E-state index < -0.39 is 0 Å². The number of nitrogens with one attached hydrogen (secondary N) is 1. The van der Waals surface area contributed by atoms with Crippen LogP contribution in [0.4, 0.5) is 0 Å². The van der Waals surface area contributed by atoms with Crippen LogP contribution < -0.4 is 11.1 Å². The molecule has 1 unspecified atom stereocenters. The van der Waals surface area contributed by atoms with Gasteiger partial charge in [-0.3, -0.25) is 9.69 Å². The Bertz CT molecular complexity index is 227. The number of hydrogen-bond acceptors (Lipinski definition) is 4. The van der Waals surface area contributed by atoms with E-state index >= 15 is 0 Å². The minimum absolute atomic E-state index is 0.205. The second-order valence-corrected chi connectivity index (χ2v) is 4.64. The molecule has 1 aliphatic rings. The lowest BCUT2D eigenvalue weighted by atomic mass is 10.2. The highest BCUT2D eigenvalue weighted by Gasteiger charge is 2.21. The molecule has 0 aliphatic carbocycles. The molecule has 1 aliphatic heterocycles. The predicted molar refractivity (Wildman–Crippen MR) is 69.8 cm³/mol. The van der Waals surface area contributed by atoms with Crippen LogP contribution in [0.3, 0.4) is 0 Å². The highest BCUT2D eigenvalue weighted by atomic mass is 16.1. The Labute approximate surface area is 104 Å². The molecule has 1 rings (SSSR count). The van der Waals surface area contributed by atoms with Crippen LogP contribution in [0.25, 0.3) is 0 Å². The third-order valence-electron chi connectivity index (χ3n) is 3.34. The van der Waals surface area contributed by atoms with Gasteiger partial charge in [-0.1, -0.05) is 13.8 Å². The Morgan fingerprint density at radius 3 is 2.29 bits per heavy atom. The van der Waals surface area contributed by atoms with Crippen LogP contribution in [0, 0.1) is 0 Å². The van der Waals surface area contributed by atoms with Gasteiger partial charge in [0.25, 0.3) is 0 Å². The zero-order valence-electron chi connectivity index (χ0n) is 11.1. The molecule has 5 heteroatoms. The second kappa shape index (κ2) is 7.63. The van der Waals surface area contributed by atoms with Gasteiger partial charge in [-0.05, 0) is 19.5 Å². The van der Waals surface area contributed by atoms with Crippen molar-refractivity contribution in [1.82, 2.24) is 15.1 Å². The van der Waals surface area contributed by atoms with Gasteiger partial charge in [-0.25, -0.2) is 0 Å². The molecular formula is C12H26N4O. The summed E-state index contributed by atoms with van der Waals surface area (Å²) in [5.74, 6) is -0.239. The highest BCUT2D eigenvalue weighted by Crippen LogP contribution is 2.02. The van der Waals surface area contributed by atoms with Gasteiger partial charge in [-0.2, -0.15) is 0 Å². The minimum Gasteiger partial charge on any atom is -0.368 e. The van der Waals surface area contributed by atoms with E-state index in [0.717, 1.165) is 52.2 Å². The molecule has 1 atom stereocenters. The number of nitrogens with two attached hydrogens (primary N) is 1. The average Bonchev–Trinajstić information content (AvgIpc) is 2.35. The summed E-state index contributed by atoms with van der Waals surface area (Å²) in [4.78, 5) is 16.1. The molecule has 100 valence electrons. The summed E-state index contributed by atoms with van der Waals surface area (Å²) >= 11 is 0. The van der Waals surface area contributed by atoms with Crippen molar-refractivity contribution in [3.8, 4) is 0 Å². The summed E-state index contributed by atoms with van der Waals surface area (Å²) in [7, 11) is 0. The molecule has 0 spiro atoms. The Balaban J connectivity index is 2.32. The van der Waals surface area contributed by atoms with E-state index in [4.69, 9.17) is 5.73 Å². The maximum Gasteiger partial charge on any atom is 0.235 e. The molecule has 0 aromatic carbocycles. The van der Waals surface area contributed by atoms with Crippen molar-refractivity contribution in [3.05, 3.63) is 0 Å². The minimum atomic E-state index is -0.239. The maximum absolute atomic E-state index is 11.3. The monoisotopic (exact) mass is 242 g/mol. The lowest BCUT2D eigenvalue weighted by Crippen LogP contribution is -2.54. The number of carbonyl (C=O) groups excluding carboxylic acids is 1. The number of piperazine rings is 1.